The molecule has 0 unspecified atom stereocenters. The van der Waals surface area contributed by atoms with Gasteiger partial charge in [0, 0.05) is 26.2 Å². The minimum Gasteiger partial charge on any atom is -0.488 e. The van der Waals surface area contributed by atoms with E-state index in [0.717, 1.165) is 17.2 Å². The normalized spacial score (nSPS) is 24.6. The Morgan fingerprint density at radius 2 is 1.48 bits per heavy atom. The Morgan fingerprint density at radius 3 is 2.12 bits per heavy atom. The van der Waals surface area contributed by atoms with Gasteiger partial charge in [-0.2, -0.15) is 0 Å². The van der Waals surface area contributed by atoms with Crippen molar-refractivity contribution in [3.05, 3.63) is 118 Å². The number of hydrogen-bond donors (Lipinski definition) is 2. The van der Waals surface area contributed by atoms with Gasteiger partial charge in [0.1, 0.15) is 54.3 Å². The fourth-order valence-electron chi connectivity index (χ4n) is 8.44. The second-order valence-corrected chi connectivity index (χ2v) is 29.6. The maximum atomic E-state index is 15.2. The molecule has 2 aromatic heterocycles. The summed E-state index contributed by atoms with van der Waals surface area (Å²) in [7, 11) is -4.13. The summed E-state index contributed by atoms with van der Waals surface area (Å²) in [5.74, 6) is -1.19. The first-order chi connectivity index (χ1) is 28.3. The van der Waals surface area contributed by atoms with Crippen molar-refractivity contribution in [2.45, 2.75) is 114 Å². The summed E-state index contributed by atoms with van der Waals surface area (Å²) in [6, 6.07) is 25.7. The van der Waals surface area contributed by atoms with Gasteiger partial charge in [-0.1, -0.05) is 118 Å². The molecule has 0 saturated heterocycles. The molecule has 0 radical (unpaired) electrons. The summed E-state index contributed by atoms with van der Waals surface area (Å²) in [4.78, 5) is 15.2. The smallest absolute Gasteiger partial charge is 0.265 e. The molecule has 0 amide bonds. The number of carbonyl (C=O) groups excluding carboxylic acids is 1. The quantitative estimate of drug-likeness (QED) is 0.0621. The molecule has 14 heteroatoms. The van der Waals surface area contributed by atoms with Crippen LogP contribution < -0.4 is 9.47 Å². The predicted molar refractivity (Wildman–Crippen MR) is 229 cm³/mol. The van der Waals surface area contributed by atoms with E-state index in [4.69, 9.17) is 32.4 Å². The molecule has 0 spiro atoms. The SMILES string of the molecule is CC(C)(C)[Si](C)(C)O[C@@H]1c2onc(OCc3ccccc3)c2C(=O)[C@]2(O)c3noc4c3[C@@](O)(C[C@H]12)[C@](C)(OCOCC[Si](C)(C)C)c1cccc(OCc2ccccc2)c1-4. The predicted octanol–water partition coefficient (Wildman–Crippen LogP) is 9.40. The highest BCUT2D eigenvalue weighted by Gasteiger charge is 2.72. The van der Waals surface area contributed by atoms with Gasteiger partial charge in [0.15, 0.2) is 25.4 Å². The number of carbonyl (C=O) groups is 1. The van der Waals surface area contributed by atoms with Crippen LogP contribution in [0.2, 0.25) is 43.8 Å². The van der Waals surface area contributed by atoms with Crippen LogP contribution in [0.4, 0.5) is 0 Å². The van der Waals surface area contributed by atoms with Crippen LogP contribution in [0.5, 0.6) is 11.6 Å². The Balaban J connectivity index is 1.29. The summed E-state index contributed by atoms with van der Waals surface area (Å²) in [5.41, 5.74) is -3.02. The zero-order valence-electron chi connectivity index (χ0n) is 36.0. The van der Waals surface area contributed by atoms with Crippen molar-refractivity contribution < 1.29 is 47.4 Å². The lowest BCUT2D eigenvalue weighted by atomic mass is 9.54. The third-order valence-corrected chi connectivity index (χ3v) is 19.2. The lowest BCUT2D eigenvalue weighted by Gasteiger charge is -2.56. The van der Waals surface area contributed by atoms with E-state index in [1.807, 2.05) is 85.8 Å². The van der Waals surface area contributed by atoms with Crippen molar-refractivity contribution in [3.8, 4) is 23.0 Å². The van der Waals surface area contributed by atoms with Crippen LogP contribution in [0.1, 0.15) is 84.3 Å². The van der Waals surface area contributed by atoms with E-state index in [2.05, 4.69) is 63.8 Å². The highest BCUT2D eigenvalue weighted by atomic mass is 28.4. The molecular formula is C46H56N2O10Si2. The molecule has 5 atom stereocenters. The van der Waals surface area contributed by atoms with Crippen molar-refractivity contribution in [3.63, 3.8) is 0 Å². The summed E-state index contributed by atoms with van der Waals surface area (Å²) >= 11 is 0. The van der Waals surface area contributed by atoms with Gasteiger partial charge in [-0.25, -0.2) is 0 Å². The van der Waals surface area contributed by atoms with E-state index in [0.29, 0.717) is 23.5 Å². The van der Waals surface area contributed by atoms with Gasteiger partial charge >= 0.3 is 0 Å². The fourth-order valence-corrected chi connectivity index (χ4v) is 10.5. The van der Waals surface area contributed by atoms with Gasteiger partial charge in [-0.05, 0) is 59.9 Å². The van der Waals surface area contributed by atoms with Crippen LogP contribution in [-0.2, 0) is 43.9 Å². The number of Topliss-reactive ketones (excluding diaryl/α,β-unsaturated/α-hetero) is 1. The van der Waals surface area contributed by atoms with Crippen molar-refractivity contribution in [2.24, 2.45) is 5.92 Å². The molecule has 0 fully saturated rings. The Morgan fingerprint density at radius 1 is 0.833 bits per heavy atom. The van der Waals surface area contributed by atoms with Crippen LogP contribution >= 0.6 is 0 Å². The summed E-state index contributed by atoms with van der Waals surface area (Å²) in [5, 5.41) is 35.4. The lowest BCUT2D eigenvalue weighted by Crippen LogP contribution is -2.63. The number of benzene rings is 3. The topological polar surface area (TPSA) is 156 Å². The first-order valence-corrected chi connectivity index (χ1v) is 27.3. The molecule has 0 aliphatic heterocycles. The second-order valence-electron chi connectivity index (χ2n) is 19.3. The van der Waals surface area contributed by atoms with E-state index in [9.17, 15) is 10.2 Å². The van der Waals surface area contributed by atoms with Crippen LogP contribution in [0.3, 0.4) is 0 Å². The van der Waals surface area contributed by atoms with E-state index < -0.39 is 51.0 Å². The highest BCUT2D eigenvalue weighted by Crippen LogP contribution is 2.67. The largest absolute Gasteiger partial charge is 0.488 e. The Bertz CT molecular complexity index is 2370. The summed E-state index contributed by atoms with van der Waals surface area (Å²) < 4.78 is 45.0. The molecule has 318 valence electrons. The fraction of sp³-hybridized carbons (Fsp3) is 0.457. The standard InChI is InChI=1S/C46H56N2O10Si2/c1-43(2,3)60(8,9)58-37-32-25-45(50)36-38(56-47-40(36)46(32,51)41(49)35-39(37)57-48-42(35)54-27-30-19-14-11-15-20-30)34-31(44(45,4)55-28-52-23-24-59(5,6)7)21-16-22-33(34)53-26-29-17-12-10-13-18-29/h10-22,32,37,50-51H,23-28H2,1-9H3/t32-,37+,44-,45+,46-/m1/s1. The molecular weight excluding hydrogens is 797 g/mol. The number of ether oxygens (including phenoxy) is 4. The van der Waals surface area contributed by atoms with Gasteiger partial charge in [0.05, 0.1) is 11.1 Å². The average Bonchev–Trinajstić information content (AvgIpc) is 3.85. The number of ketones is 1. The monoisotopic (exact) mass is 852 g/mol. The van der Waals surface area contributed by atoms with Crippen LogP contribution in [0.25, 0.3) is 11.3 Å². The first-order valence-electron chi connectivity index (χ1n) is 20.7. The molecule has 3 aliphatic rings. The van der Waals surface area contributed by atoms with E-state index >= 15 is 4.79 Å². The maximum Gasteiger partial charge on any atom is 0.265 e. The van der Waals surface area contributed by atoms with Gasteiger partial charge in [0.2, 0.25) is 5.78 Å². The summed E-state index contributed by atoms with van der Waals surface area (Å²) in [6.45, 7) is 19.8. The number of rotatable bonds is 14. The van der Waals surface area contributed by atoms with Crippen LogP contribution in [0, 0.1) is 5.92 Å². The number of aliphatic hydroxyl groups is 2. The van der Waals surface area contributed by atoms with Gasteiger partial charge in [-0.15, -0.1) is 0 Å². The zero-order chi connectivity index (χ0) is 42.9. The van der Waals surface area contributed by atoms with Crippen LogP contribution in [-0.4, -0.2) is 56.1 Å². The molecule has 8 rings (SSSR count). The van der Waals surface area contributed by atoms with E-state index in [1.54, 1.807) is 0 Å². The van der Waals surface area contributed by atoms with E-state index in [1.165, 1.54) is 0 Å². The third-order valence-electron chi connectivity index (χ3n) is 13.1. The zero-order valence-corrected chi connectivity index (χ0v) is 38.0. The lowest BCUT2D eigenvalue weighted by molar-refractivity contribution is -0.250. The molecule has 0 bridgehead atoms. The Labute approximate surface area is 353 Å². The minimum absolute atomic E-state index is 0.0338. The summed E-state index contributed by atoms with van der Waals surface area (Å²) in [6.07, 6.45) is -1.27. The van der Waals surface area contributed by atoms with Gasteiger partial charge in [0.25, 0.3) is 5.88 Å². The molecule has 3 aromatic carbocycles. The first kappa shape index (κ1) is 42.3. The highest BCUT2D eigenvalue weighted by molar-refractivity contribution is 6.76. The van der Waals surface area contributed by atoms with Crippen molar-refractivity contribution >= 4 is 22.2 Å². The average molecular weight is 853 g/mol. The van der Waals surface area contributed by atoms with Gasteiger partial charge < -0.3 is 42.6 Å². The Kier molecular flexibility index (Phi) is 10.7. The molecule has 3 aliphatic carbocycles. The molecule has 60 heavy (non-hydrogen) atoms. The van der Waals surface area contributed by atoms with Crippen molar-refractivity contribution in [1.82, 2.24) is 10.3 Å². The number of fused-ring (bicyclic) bond motifs is 5. The van der Waals surface area contributed by atoms with Crippen molar-refractivity contribution in [1.29, 1.82) is 0 Å². The molecule has 12 nitrogen and oxygen atoms in total. The number of aromatic nitrogens is 2. The van der Waals surface area contributed by atoms with Crippen LogP contribution in [0.15, 0.2) is 87.9 Å². The third kappa shape index (κ3) is 6.99. The minimum atomic E-state index is -2.71. The number of hydrogen-bond acceptors (Lipinski definition) is 12. The maximum absolute atomic E-state index is 15.2. The Hall–Kier alpha value is -4.42. The van der Waals surface area contributed by atoms with Crippen molar-refractivity contribution in [2.75, 3.05) is 13.4 Å². The van der Waals surface area contributed by atoms with E-state index in [-0.39, 0.29) is 65.7 Å². The second kappa shape index (κ2) is 15.2. The number of nitrogens with zero attached hydrogens (tertiary/aromatic N) is 2. The molecule has 5 aromatic rings. The molecule has 0 saturated carbocycles. The molecule has 2 N–H and O–H groups in total. The molecule has 2 heterocycles. The van der Waals surface area contributed by atoms with Gasteiger partial charge in [-0.3, -0.25) is 4.79 Å².